The van der Waals surface area contributed by atoms with Gasteiger partial charge in [0.1, 0.15) is 0 Å². The van der Waals surface area contributed by atoms with Gasteiger partial charge in [-0.25, -0.2) is 4.90 Å². The van der Waals surface area contributed by atoms with E-state index in [4.69, 9.17) is 0 Å². The van der Waals surface area contributed by atoms with Gasteiger partial charge in [0.15, 0.2) is 0 Å². The number of hydrogen-bond acceptors (Lipinski definition) is 3. The van der Waals surface area contributed by atoms with Gasteiger partial charge in [0.2, 0.25) is 0 Å². The second kappa shape index (κ2) is 8.42. The molecule has 1 N–H and O–H groups in total. The number of para-hydroxylation sites is 1. The molecular weight excluding hydrogens is 400 g/mol. The lowest BCUT2D eigenvalue weighted by Crippen LogP contribution is -2.29. The van der Waals surface area contributed by atoms with Crippen molar-refractivity contribution in [2.75, 3.05) is 10.2 Å². The van der Waals surface area contributed by atoms with Gasteiger partial charge in [-0.1, -0.05) is 58.0 Å². The fourth-order valence-corrected chi connectivity index (χ4v) is 4.07. The highest BCUT2D eigenvalue weighted by Crippen LogP contribution is 2.33. The minimum atomic E-state index is -0.352. The average Bonchev–Trinajstić information content (AvgIpc) is 3.04. The smallest absolute Gasteiger partial charge is 0.266 e. The molecular formula is C27H26N2O3. The van der Waals surface area contributed by atoms with Crippen LogP contribution in [0.25, 0.3) is 0 Å². The Hall–Kier alpha value is -3.73. The third kappa shape index (κ3) is 3.71. The number of carbonyl (C=O) groups is 3. The largest absolute Gasteiger partial charge is 0.321 e. The van der Waals surface area contributed by atoms with E-state index in [2.05, 4.69) is 33.0 Å². The molecule has 0 saturated heterocycles. The number of hydrogen-bond donors (Lipinski definition) is 1. The monoisotopic (exact) mass is 426 g/mol. The van der Waals surface area contributed by atoms with E-state index in [0.717, 1.165) is 21.7 Å². The predicted octanol–water partition coefficient (Wildman–Crippen LogP) is 5.99. The summed E-state index contributed by atoms with van der Waals surface area (Å²) in [4.78, 5) is 39.6. The van der Waals surface area contributed by atoms with Crippen molar-refractivity contribution >= 4 is 29.1 Å². The van der Waals surface area contributed by atoms with Crippen LogP contribution >= 0.6 is 0 Å². The van der Waals surface area contributed by atoms with E-state index in [-0.39, 0.29) is 29.6 Å². The fourth-order valence-electron chi connectivity index (χ4n) is 4.07. The topological polar surface area (TPSA) is 66.5 Å². The minimum absolute atomic E-state index is 0.228. The molecule has 0 radical (unpaired) electrons. The molecule has 0 unspecified atom stereocenters. The van der Waals surface area contributed by atoms with Gasteiger partial charge in [-0.15, -0.1) is 0 Å². The summed E-state index contributed by atoms with van der Waals surface area (Å²) < 4.78 is 0. The van der Waals surface area contributed by atoms with Crippen molar-refractivity contribution in [1.82, 2.24) is 0 Å². The van der Waals surface area contributed by atoms with Crippen LogP contribution in [0.1, 0.15) is 81.7 Å². The van der Waals surface area contributed by atoms with E-state index in [9.17, 15) is 14.4 Å². The quantitative estimate of drug-likeness (QED) is 0.510. The van der Waals surface area contributed by atoms with Gasteiger partial charge < -0.3 is 5.32 Å². The SMILES string of the molecule is CC(C)c1cccc(C(C)C)c1NC(=O)c1ccc(N2C(=O)c3ccccc3C2=O)cc1. The van der Waals surface area contributed by atoms with E-state index in [0.29, 0.717) is 22.4 Å². The summed E-state index contributed by atoms with van der Waals surface area (Å²) in [6.07, 6.45) is 0. The van der Waals surface area contributed by atoms with Crippen LogP contribution in [0.2, 0.25) is 0 Å². The Morgan fingerprint density at radius 2 is 1.22 bits per heavy atom. The highest BCUT2D eigenvalue weighted by Gasteiger charge is 2.36. The molecule has 0 aromatic heterocycles. The van der Waals surface area contributed by atoms with Crippen LogP contribution in [0.5, 0.6) is 0 Å². The van der Waals surface area contributed by atoms with Crippen molar-refractivity contribution in [1.29, 1.82) is 0 Å². The minimum Gasteiger partial charge on any atom is -0.321 e. The number of imide groups is 1. The molecule has 162 valence electrons. The number of amides is 3. The van der Waals surface area contributed by atoms with Crippen molar-refractivity contribution in [3.8, 4) is 0 Å². The zero-order valence-corrected chi connectivity index (χ0v) is 18.7. The summed E-state index contributed by atoms with van der Waals surface area (Å²) in [5.74, 6) is -0.403. The summed E-state index contributed by atoms with van der Waals surface area (Å²) >= 11 is 0. The van der Waals surface area contributed by atoms with Gasteiger partial charge in [-0.2, -0.15) is 0 Å². The zero-order valence-electron chi connectivity index (χ0n) is 18.7. The Morgan fingerprint density at radius 1 is 0.719 bits per heavy atom. The second-order valence-corrected chi connectivity index (χ2v) is 8.61. The summed E-state index contributed by atoms with van der Waals surface area (Å²) in [6.45, 7) is 8.41. The molecule has 4 rings (SSSR count). The van der Waals surface area contributed by atoms with Crippen molar-refractivity contribution in [2.45, 2.75) is 39.5 Å². The number of fused-ring (bicyclic) bond motifs is 1. The first kappa shape index (κ1) is 21.5. The highest BCUT2D eigenvalue weighted by molar-refractivity contribution is 6.34. The van der Waals surface area contributed by atoms with Gasteiger partial charge in [0.25, 0.3) is 17.7 Å². The summed E-state index contributed by atoms with van der Waals surface area (Å²) in [6, 6.07) is 19.4. The zero-order chi connectivity index (χ0) is 23.0. The number of anilines is 2. The van der Waals surface area contributed by atoms with Crippen molar-refractivity contribution in [3.63, 3.8) is 0 Å². The van der Waals surface area contributed by atoms with Crippen LogP contribution in [-0.4, -0.2) is 17.7 Å². The standard InChI is InChI=1S/C27H26N2O3/c1-16(2)20-10-7-11-21(17(3)4)24(20)28-25(30)18-12-14-19(15-13-18)29-26(31)22-8-5-6-9-23(22)27(29)32/h5-17H,1-4H3,(H,28,30). The molecule has 1 aliphatic rings. The summed E-state index contributed by atoms with van der Waals surface area (Å²) in [5.41, 5.74) is 4.72. The molecule has 1 heterocycles. The Bertz CT molecular complexity index is 1150. The molecule has 3 aromatic rings. The molecule has 0 bridgehead atoms. The number of carbonyl (C=O) groups excluding carboxylic acids is 3. The molecule has 1 aliphatic heterocycles. The summed E-state index contributed by atoms with van der Waals surface area (Å²) in [7, 11) is 0. The highest BCUT2D eigenvalue weighted by atomic mass is 16.2. The molecule has 0 aliphatic carbocycles. The molecule has 3 amide bonds. The maximum absolute atomic E-state index is 13.0. The van der Waals surface area contributed by atoms with Gasteiger partial charge in [-0.05, 0) is 59.4 Å². The first-order valence-electron chi connectivity index (χ1n) is 10.8. The first-order valence-corrected chi connectivity index (χ1v) is 10.8. The van der Waals surface area contributed by atoms with Gasteiger partial charge >= 0.3 is 0 Å². The van der Waals surface area contributed by atoms with Crippen LogP contribution in [0, 0.1) is 0 Å². The Morgan fingerprint density at radius 3 is 1.69 bits per heavy atom. The lowest BCUT2D eigenvalue weighted by molar-refractivity contribution is 0.0925. The number of nitrogens with zero attached hydrogens (tertiary/aromatic N) is 1. The molecule has 5 heteroatoms. The second-order valence-electron chi connectivity index (χ2n) is 8.61. The molecule has 5 nitrogen and oxygen atoms in total. The van der Waals surface area contributed by atoms with Crippen LogP contribution in [0.3, 0.4) is 0 Å². The third-order valence-electron chi connectivity index (χ3n) is 5.79. The van der Waals surface area contributed by atoms with Crippen molar-refractivity contribution in [2.24, 2.45) is 0 Å². The number of nitrogens with one attached hydrogen (secondary N) is 1. The maximum atomic E-state index is 13.0. The average molecular weight is 427 g/mol. The van der Waals surface area contributed by atoms with Crippen molar-refractivity contribution < 1.29 is 14.4 Å². The third-order valence-corrected chi connectivity index (χ3v) is 5.79. The van der Waals surface area contributed by atoms with Crippen LogP contribution in [-0.2, 0) is 0 Å². The Balaban J connectivity index is 1.60. The molecule has 0 atom stereocenters. The number of benzene rings is 3. The molecule has 0 spiro atoms. The van der Waals surface area contributed by atoms with Crippen molar-refractivity contribution in [3.05, 3.63) is 94.5 Å². The van der Waals surface area contributed by atoms with Crippen LogP contribution in [0.15, 0.2) is 66.7 Å². The van der Waals surface area contributed by atoms with E-state index in [1.54, 1.807) is 48.5 Å². The normalized spacial score (nSPS) is 13.1. The first-order chi connectivity index (χ1) is 15.3. The van der Waals surface area contributed by atoms with Gasteiger partial charge in [-0.3, -0.25) is 14.4 Å². The molecule has 32 heavy (non-hydrogen) atoms. The fraction of sp³-hybridized carbons (Fsp3) is 0.222. The van der Waals surface area contributed by atoms with E-state index in [1.165, 1.54) is 0 Å². The Labute approximate surface area is 188 Å². The van der Waals surface area contributed by atoms with E-state index >= 15 is 0 Å². The molecule has 3 aromatic carbocycles. The summed E-state index contributed by atoms with van der Waals surface area (Å²) in [5, 5.41) is 3.09. The lowest BCUT2D eigenvalue weighted by Gasteiger charge is -2.20. The van der Waals surface area contributed by atoms with Crippen LogP contribution in [0.4, 0.5) is 11.4 Å². The van der Waals surface area contributed by atoms with Gasteiger partial charge in [0, 0.05) is 11.3 Å². The molecule has 0 saturated carbocycles. The molecule has 0 fully saturated rings. The number of rotatable bonds is 5. The van der Waals surface area contributed by atoms with Crippen LogP contribution < -0.4 is 10.2 Å². The lowest BCUT2D eigenvalue weighted by atomic mass is 9.92. The Kier molecular flexibility index (Phi) is 5.66. The van der Waals surface area contributed by atoms with Gasteiger partial charge in [0.05, 0.1) is 16.8 Å². The van der Waals surface area contributed by atoms with E-state index in [1.807, 2.05) is 18.2 Å². The van der Waals surface area contributed by atoms with E-state index < -0.39 is 0 Å². The maximum Gasteiger partial charge on any atom is 0.266 e. The predicted molar refractivity (Wildman–Crippen MR) is 127 cm³/mol.